The van der Waals surface area contributed by atoms with Crippen LogP contribution in [-0.2, 0) is 17.7 Å². The van der Waals surface area contributed by atoms with Gasteiger partial charge in [-0.05, 0) is 18.8 Å². The van der Waals surface area contributed by atoms with Gasteiger partial charge in [-0.1, -0.05) is 26.7 Å². The molecule has 0 saturated heterocycles. The first-order valence-corrected chi connectivity index (χ1v) is 8.52. The molecule has 1 atom stereocenters. The molecule has 21 heavy (non-hydrogen) atoms. The van der Waals surface area contributed by atoms with Gasteiger partial charge in [-0.2, -0.15) is 0 Å². The molecule has 0 spiro atoms. The number of hydrogen-bond acceptors (Lipinski definition) is 3. The van der Waals surface area contributed by atoms with Crippen LogP contribution in [0.5, 0.6) is 0 Å². The van der Waals surface area contributed by atoms with E-state index in [2.05, 4.69) is 23.7 Å². The van der Waals surface area contributed by atoms with Crippen LogP contribution >= 0.6 is 0 Å². The minimum absolute atomic E-state index is 0.417. The summed E-state index contributed by atoms with van der Waals surface area (Å²) in [5.74, 6) is 2.57. The topological polar surface area (TPSA) is 39.1 Å². The average molecular weight is 291 g/mol. The summed E-state index contributed by atoms with van der Waals surface area (Å²) < 4.78 is 8.10. The van der Waals surface area contributed by atoms with Crippen LogP contribution in [-0.4, -0.2) is 29.8 Å². The smallest absolute Gasteiger partial charge is 0.112 e. The first-order chi connectivity index (χ1) is 10.2. The highest BCUT2D eigenvalue weighted by Gasteiger charge is 2.31. The maximum absolute atomic E-state index is 5.53. The highest BCUT2D eigenvalue weighted by atomic mass is 16.5. The number of ether oxygens (including phenoxy) is 1. The van der Waals surface area contributed by atoms with Crippen molar-refractivity contribution >= 4 is 0 Å². The largest absolute Gasteiger partial charge is 0.383 e. The molecule has 1 fully saturated rings. The van der Waals surface area contributed by atoms with Gasteiger partial charge in [-0.25, -0.2) is 4.98 Å². The third-order valence-electron chi connectivity index (χ3n) is 5.11. The van der Waals surface area contributed by atoms with E-state index in [1.54, 1.807) is 0 Å². The molecule has 0 aromatic carbocycles. The minimum atomic E-state index is 0.417. The van der Waals surface area contributed by atoms with Gasteiger partial charge in [0.2, 0.25) is 0 Å². The van der Waals surface area contributed by atoms with Gasteiger partial charge in [0.25, 0.3) is 0 Å². The maximum Gasteiger partial charge on any atom is 0.112 e. The first kappa shape index (κ1) is 15.0. The highest BCUT2D eigenvalue weighted by molar-refractivity contribution is 5.24. The lowest BCUT2D eigenvalue weighted by molar-refractivity contribution is 0.129. The molecule has 1 saturated carbocycles. The molecule has 4 nitrogen and oxygen atoms in total. The summed E-state index contributed by atoms with van der Waals surface area (Å²) in [5.41, 5.74) is 2.75. The van der Waals surface area contributed by atoms with Gasteiger partial charge in [-0.15, -0.1) is 0 Å². The molecule has 0 radical (unpaired) electrons. The Morgan fingerprint density at radius 1 is 1.33 bits per heavy atom. The SMILES string of the molecule is COCC(C(C)C)n1c(C2CCCC2)nc2c1CCNC2. The summed E-state index contributed by atoms with van der Waals surface area (Å²) in [4.78, 5) is 5.06. The average Bonchev–Trinajstić information content (AvgIpc) is 3.11. The molecule has 1 N–H and O–H groups in total. The molecule has 1 unspecified atom stereocenters. The van der Waals surface area contributed by atoms with Crippen molar-refractivity contribution in [3.63, 3.8) is 0 Å². The van der Waals surface area contributed by atoms with Gasteiger partial charge in [-0.3, -0.25) is 0 Å². The second-order valence-electron chi connectivity index (χ2n) is 6.91. The standard InChI is InChI=1S/C17H29N3O/c1-12(2)16(11-21-3)20-15-8-9-18-10-14(15)19-17(20)13-6-4-5-7-13/h12-13,16,18H,4-11H2,1-3H3. The van der Waals surface area contributed by atoms with Crippen LogP contribution in [0.15, 0.2) is 0 Å². The van der Waals surface area contributed by atoms with Crippen molar-refractivity contribution in [1.82, 2.24) is 14.9 Å². The number of fused-ring (bicyclic) bond motifs is 1. The highest BCUT2D eigenvalue weighted by Crippen LogP contribution is 2.37. The third kappa shape index (κ3) is 2.88. The number of hydrogen-bond donors (Lipinski definition) is 1. The lowest BCUT2D eigenvalue weighted by atomic mass is 10.0. The molecule has 1 aliphatic heterocycles. The molecule has 2 aliphatic rings. The minimum Gasteiger partial charge on any atom is -0.383 e. The summed E-state index contributed by atoms with van der Waals surface area (Å²) in [6.45, 7) is 7.39. The Hall–Kier alpha value is -0.870. The number of aromatic nitrogens is 2. The zero-order chi connectivity index (χ0) is 14.8. The number of nitrogens with zero attached hydrogens (tertiary/aromatic N) is 2. The Morgan fingerprint density at radius 2 is 2.10 bits per heavy atom. The van der Waals surface area contributed by atoms with Gasteiger partial charge in [0.05, 0.1) is 18.3 Å². The van der Waals surface area contributed by atoms with Crippen molar-refractivity contribution in [2.24, 2.45) is 5.92 Å². The normalized spacial score (nSPS) is 21.0. The van der Waals surface area contributed by atoms with Crippen LogP contribution in [0.1, 0.15) is 68.7 Å². The van der Waals surface area contributed by atoms with Crippen LogP contribution in [0.4, 0.5) is 0 Å². The Balaban J connectivity index is 2.03. The molecule has 0 amide bonds. The molecule has 0 bridgehead atoms. The van der Waals surface area contributed by atoms with Gasteiger partial charge >= 0.3 is 0 Å². The second kappa shape index (κ2) is 6.49. The van der Waals surface area contributed by atoms with E-state index < -0.39 is 0 Å². The van der Waals surface area contributed by atoms with Crippen molar-refractivity contribution in [2.75, 3.05) is 20.3 Å². The molecule has 1 aliphatic carbocycles. The van der Waals surface area contributed by atoms with Gasteiger partial charge in [0.15, 0.2) is 0 Å². The van der Waals surface area contributed by atoms with Crippen LogP contribution in [0, 0.1) is 5.92 Å². The summed E-state index contributed by atoms with van der Waals surface area (Å²) >= 11 is 0. The lowest BCUT2D eigenvalue weighted by Crippen LogP contribution is -2.29. The van der Waals surface area contributed by atoms with E-state index in [0.717, 1.165) is 26.1 Å². The van der Waals surface area contributed by atoms with Crippen molar-refractivity contribution in [3.8, 4) is 0 Å². The Kier molecular flexibility index (Phi) is 4.65. The summed E-state index contributed by atoms with van der Waals surface area (Å²) in [5, 5.41) is 3.47. The third-order valence-corrected chi connectivity index (χ3v) is 5.11. The fourth-order valence-corrected chi connectivity index (χ4v) is 3.93. The molecular formula is C17H29N3O. The molecule has 4 heteroatoms. The van der Waals surface area contributed by atoms with Crippen LogP contribution in [0.2, 0.25) is 0 Å². The Morgan fingerprint density at radius 3 is 2.76 bits per heavy atom. The monoisotopic (exact) mass is 291 g/mol. The van der Waals surface area contributed by atoms with Crippen LogP contribution in [0.3, 0.4) is 0 Å². The zero-order valence-corrected chi connectivity index (χ0v) is 13.7. The fraction of sp³-hybridized carbons (Fsp3) is 0.824. The molecule has 118 valence electrons. The zero-order valence-electron chi connectivity index (χ0n) is 13.7. The molecule has 2 heterocycles. The predicted molar refractivity (Wildman–Crippen MR) is 84.6 cm³/mol. The van der Waals surface area contributed by atoms with Gasteiger partial charge < -0.3 is 14.6 Å². The molecule has 1 aromatic rings. The quantitative estimate of drug-likeness (QED) is 0.906. The number of imidazole rings is 1. The second-order valence-corrected chi connectivity index (χ2v) is 6.91. The van der Waals surface area contributed by atoms with Crippen LogP contribution < -0.4 is 5.32 Å². The van der Waals surface area contributed by atoms with Crippen LogP contribution in [0.25, 0.3) is 0 Å². The number of nitrogens with one attached hydrogen (secondary N) is 1. The predicted octanol–water partition coefficient (Wildman–Crippen LogP) is 3.03. The number of methoxy groups -OCH3 is 1. The molecule has 1 aromatic heterocycles. The van der Waals surface area contributed by atoms with Gasteiger partial charge in [0, 0.05) is 38.2 Å². The number of rotatable bonds is 5. The maximum atomic E-state index is 5.53. The van der Waals surface area contributed by atoms with E-state index in [0.29, 0.717) is 17.9 Å². The summed E-state index contributed by atoms with van der Waals surface area (Å²) in [7, 11) is 1.82. The van der Waals surface area contributed by atoms with Crippen molar-refractivity contribution in [3.05, 3.63) is 17.2 Å². The van der Waals surface area contributed by atoms with E-state index in [1.807, 2.05) is 7.11 Å². The lowest BCUT2D eigenvalue weighted by Gasteiger charge is -2.28. The Bertz CT molecular complexity index is 475. The molecular weight excluding hydrogens is 262 g/mol. The van der Waals surface area contributed by atoms with E-state index >= 15 is 0 Å². The van der Waals surface area contributed by atoms with Gasteiger partial charge in [0.1, 0.15) is 5.82 Å². The van der Waals surface area contributed by atoms with E-state index in [1.165, 1.54) is 42.9 Å². The van der Waals surface area contributed by atoms with E-state index in [4.69, 9.17) is 9.72 Å². The summed E-state index contributed by atoms with van der Waals surface area (Å²) in [6, 6.07) is 0.417. The van der Waals surface area contributed by atoms with E-state index in [9.17, 15) is 0 Å². The van der Waals surface area contributed by atoms with Crippen molar-refractivity contribution in [1.29, 1.82) is 0 Å². The summed E-state index contributed by atoms with van der Waals surface area (Å²) in [6.07, 6.45) is 6.43. The molecule has 3 rings (SSSR count). The fourth-order valence-electron chi connectivity index (χ4n) is 3.93. The van der Waals surface area contributed by atoms with Crippen molar-refractivity contribution in [2.45, 2.75) is 64.5 Å². The first-order valence-electron chi connectivity index (χ1n) is 8.52. The van der Waals surface area contributed by atoms with Crippen molar-refractivity contribution < 1.29 is 4.74 Å². The Labute approximate surface area is 128 Å². The van der Waals surface area contributed by atoms with E-state index in [-0.39, 0.29) is 0 Å².